The third-order valence-electron chi connectivity index (χ3n) is 9.45. The van der Waals surface area contributed by atoms with E-state index in [4.69, 9.17) is 5.73 Å². The van der Waals surface area contributed by atoms with Crippen molar-refractivity contribution in [3.63, 3.8) is 0 Å². The van der Waals surface area contributed by atoms with Gasteiger partial charge in [0.25, 0.3) is 5.91 Å². The Kier molecular flexibility index (Phi) is 12.0. The molecule has 4 N–H and O–H groups in total. The summed E-state index contributed by atoms with van der Waals surface area (Å²) in [5, 5.41) is 4.80. The fourth-order valence-corrected chi connectivity index (χ4v) is 6.48. The first-order chi connectivity index (χ1) is 25.2. The summed E-state index contributed by atoms with van der Waals surface area (Å²) in [6, 6.07) is 10.2. The molecule has 1 saturated heterocycles. The van der Waals surface area contributed by atoms with Crippen LogP contribution in [0.15, 0.2) is 58.3 Å². The number of carbonyl (C=O) groups is 3. The quantitative estimate of drug-likeness (QED) is 0.0803. The number of nitrogen functional groups attached to an aromatic ring is 1. The fourth-order valence-electron chi connectivity index (χ4n) is 6.48. The average Bonchev–Trinajstić information content (AvgIpc) is 3.40. The van der Waals surface area contributed by atoms with Crippen molar-refractivity contribution in [1.82, 2.24) is 24.3 Å². The number of para-hydroxylation sites is 1. The molecule has 1 unspecified atom stereocenters. The van der Waals surface area contributed by atoms with E-state index in [9.17, 15) is 36.7 Å². The summed E-state index contributed by atoms with van der Waals surface area (Å²) >= 11 is 0. The number of aliphatic imine (C=N–C) groups is 1. The lowest BCUT2D eigenvalue weighted by molar-refractivity contribution is -0.141. The summed E-state index contributed by atoms with van der Waals surface area (Å²) in [5.74, 6) is -2.10. The van der Waals surface area contributed by atoms with E-state index >= 15 is 0 Å². The third-order valence-corrected chi connectivity index (χ3v) is 9.45. The van der Waals surface area contributed by atoms with Gasteiger partial charge in [0, 0.05) is 63.7 Å². The van der Waals surface area contributed by atoms with Gasteiger partial charge in [0.05, 0.1) is 35.0 Å². The number of amides is 2. The highest BCUT2D eigenvalue weighted by Crippen LogP contribution is 2.31. The van der Waals surface area contributed by atoms with Crippen LogP contribution in [0.3, 0.4) is 0 Å². The number of carbonyl (C=O) groups excluding carboxylic acids is 3. The molecule has 0 aliphatic carbocycles. The molecule has 1 aliphatic rings. The number of hydrogen-bond donors (Lipinski definition) is 3. The number of hydrogen-bond acceptors (Lipinski definition) is 9. The predicted octanol–water partition coefficient (Wildman–Crippen LogP) is 4.01. The highest BCUT2D eigenvalue weighted by atomic mass is 19.4. The zero-order valence-electron chi connectivity index (χ0n) is 29.5. The number of benzene rings is 2. The molecular formula is C36H41F4N9O4. The second-order valence-corrected chi connectivity index (χ2v) is 12.8. The number of pyridine rings is 1. The first-order valence-electron chi connectivity index (χ1n) is 17.0. The van der Waals surface area contributed by atoms with E-state index in [1.54, 1.807) is 11.6 Å². The maximum atomic E-state index is 14.6. The number of aromatic nitrogens is 3. The minimum absolute atomic E-state index is 0.0654. The number of imidazole rings is 1. The maximum absolute atomic E-state index is 14.6. The molecule has 5 rings (SSSR count). The van der Waals surface area contributed by atoms with Crippen molar-refractivity contribution in [2.24, 2.45) is 12.0 Å². The van der Waals surface area contributed by atoms with Crippen molar-refractivity contribution in [3.05, 3.63) is 81.8 Å². The molecule has 0 radical (unpaired) electrons. The van der Waals surface area contributed by atoms with Gasteiger partial charge in [-0.05, 0) is 62.7 Å². The summed E-state index contributed by atoms with van der Waals surface area (Å²) in [6.07, 6.45) is -0.596. The molecule has 2 amide bonds. The lowest BCUT2D eigenvalue weighted by atomic mass is 10.0. The Morgan fingerprint density at radius 3 is 2.55 bits per heavy atom. The van der Waals surface area contributed by atoms with Crippen molar-refractivity contribution in [3.8, 4) is 0 Å². The van der Waals surface area contributed by atoms with Crippen LogP contribution in [0.25, 0.3) is 11.0 Å². The van der Waals surface area contributed by atoms with Crippen molar-refractivity contribution in [2.75, 3.05) is 56.2 Å². The molecule has 4 aromatic rings. The lowest BCUT2D eigenvalue weighted by Crippen LogP contribution is -2.44. The number of aryl methyl sites for hydroxylation is 1. The molecular weight excluding hydrogens is 698 g/mol. The predicted molar refractivity (Wildman–Crippen MR) is 194 cm³/mol. The number of halogens is 4. The number of rotatable bonds is 13. The van der Waals surface area contributed by atoms with Crippen molar-refractivity contribution >= 4 is 52.4 Å². The van der Waals surface area contributed by atoms with Gasteiger partial charge in [0.1, 0.15) is 23.5 Å². The Labute approximate surface area is 302 Å². The van der Waals surface area contributed by atoms with Gasteiger partial charge in [0.15, 0.2) is 0 Å². The van der Waals surface area contributed by atoms with Gasteiger partial charge in [-0.1, -0.05) is 12.1 Å². The zero-order valence-corrected chi connectivity index (χ0v) is 29.5. The van der Waals surface area contributed by atoms with Crippen LogP contribution in [0.5, 0.6) is 0 Å². The molecule has 17 heteroatoms. The molecule has 0 spiro atoms. The van der Waals surface area contributed by atoms with Crippen LogP contribution >= 0.6 is 0 Å². The van der Waals surface area contributed by atoms with Crippen LogP contribution < -0.4 is 27.0 Å². The normalized spacial score (nSPS) is 14.6. The van der Waals surface area contributed by atoms with Crippen LogP contribution in [0, 0.1) is 5.82 Å². The standard InChI is InChI=1S/C36H41F4N9O4/c1-42-32(51)11-10-24(21-50)49-30-8-5-7-29(33(30)47(3)35(49)53)48-15-12-23(13-16-48)46(2)17-14-43-20-22-18-28(25(37)19-26(22)41)45-34(52)27-6-4-9-31(44-27)36(38,39)40/h4-9,18-21,23-24H,10-17,41H2,1-3H3,(H,42,51)(H,45,52). The number of nitrogens with zero attached hydrogens (tertiary/aromatic N) is 6. The second-order valence-electron chi connectivity index (χ2n) is 12.8. The molecule has 1 atom stereocenters. The fraction of sp³-hybridized carbons (Fsp3) is 0.389. The zero-order chi connectivity index (χ0) is 38.4. The Hall–Kier alpha value is -5.58. The lowest BCUT2D eigenvalue weighted by Gasteiger charge is -2.38. The second kappa shape index (κ2) is 16.4. The van der Waals surface area contributed by atoms with Crippen molar-refractivity contribution in [2.45, 2.75) is 43.9 Å². The number of likely N-dealkylation sites (N-methyl/N-ethyl adjacent to an activating group) is 1. The van der Waals surface area contributed by atoms with E-state index in [-0.39, 0.29) is 41.9 Å². The molecule has 282 valence electrons. The number of aldehydes is 1. The summed E-state index contributed by atoms with van der Waals surface area (Å²) < 4.78 is 56.8. The van der Waals surface area contributed by atoms with E-state index in [0.717, 1.165) is 61.4 Å². The number of alkyl halides is 3. The molecule has 1 aliphatic heterocycles. The Balaban J connectivity index is 1.19. The van der Waals surface area contributed by atoms with Gasteiger partial charge >= 0.3 is 11.9 Å². The smallest absolute Gasteiger partial charge is 0.398 e. The van der Waals surface area contributed by atoms with Crippen LogP contribution in [-0.2, 0) is 22.8 Å². The monoisotopic (exact) mass is 739 g/mol. The molecule has 0 bridgehead atoms. The van der Waals surface area contributed by atoms with Crippen molar-refractivity contribution < 1.29 is 31.9 Å². The van der Waals surface area contributed by atoms with E-state index in [1.807, 2.05) is 25.2 Å². The molecule has 2 aromatic carbocycles. The first-order valence-corrected chi connectivity index (χ1v) is 17.0. The molecule has 13 nitrogen and oxygen atoms in total. The molecule has 0 saturated carbocycles. The van der Waals surface area contributed by atoms with Crippen LogP contribution in [0.1, 0.15) is 53.5 Å². The van der Waals surface area contributed by atoms with Gasteiger partial charge in [-0.15, -0.1) is 0 Å². The van der Waals surface area contributed by atoms with Crippen LogP contribution in [0.2, 0.25) is 0 Å². The summed E-state index contributed by atoms with van der Waals surface area (Å²) in [6.45, 7) is 2.43. The molecule has 2 aromatic heterocycles. The number of nitrogens with one attached hydrogen (secondary N) is 2. The van der Waals surface area contributed by atoms with Gasteiger partial charge < -0.3 is 31.0 Å². The van der Waals surface area contributed by atoms with Crippen LogP contribution in [-0.4, -0.2) is 89.6 Å². The summed E-state index contributed by atoms with van der Waals surface area (Å²) in [4.78, 5) is 62.0. The largest absolute Gasteiger partial charge is 0.433 e. The van der Waals surface area contributed by atoms with Gasteiger partial charge in [-0.3, -0.25) is 23.7 Å². The minimum atomic E-state index is -4.75. The maximum Gasteiger partial charge on any atom is 0.433 e. The highest BCUT2D eigenvalue weighted by Gasteiger charge is 2.33. The molecule has 1 fully saturated rings. The SMILES string of the molecule is CNC(=O)CCC(C=O)n1c(=O)n(C)c2c(N3CCC(N(C)CCN=Cc4cc(NC(=O)c5cccc(C(F)(F)F)n5)c(F)cc4N)CC3)cccc21. The summed E-state index contributed by atoms with van der Waals surface area (Å²) in [5.41, 5.74) is 6.22. The highest BCUT2D eigenvalue weighted by molar-refractivity contribution is 6.03. The average molecular weight is 740 g/mol. The molecule has 53 heavy (non-hydrogen) atoms. The Morgan fingerprint density at radius 2 is 1.87 bits per heavy atom. The van der Waals surface area contributed by atoms with E-state index in [0.29, 0.717) is 30.5 Å². The van der Waals surface area contributed by atoms with E-state index in [1.165, 1.54) is 23.9 Å². The topological polar surface area (TPSA) is 160 Å². The number of anilines is 3. The molecule has 3 heterocycles. The van der Waals surface area contributed by atoms with E-state index < -0.39 is 35.3 Å². The van der Waals surface area contributed by atoms with Gasteiger partial charge in [-0.25, -0.2) is 14.2 Å². The first kappa shape index (κ1) is 38.6. The van der Waals surface area contributed by atoms with Gasteiger partial charge in [0.2, 0.25) is 5.91 Å². The van der Waals surface area contributed by atoms with E-state index in [2.05, 4.69) is 30.4 Å². The number of nitrogens with two attached hydrogens (primary N) is 1. The Bertz CT molecular complexity index is 2070. The Morgan fingerprint density at radius 1 is 1.15 bits per heavy atom. The minimum Gasteiger partial charge on any atom is -0.398 e. The van der Waals surface area contributed by atoms with Crippen molar-refractivity contribution in [1.29, 1.82) is 0 Å². The third kappa shape index (κ3) is 8.73. The number of fused-ring (bicyclic) bond motifs is 1. The number of piperidine rings is 1. The van der Waals surface area contributed by atoms with Gasteiger partial charge in [-0.2, -0.15) is 13.2 Å². The summed E-state index contributed by atoms with van der Waals surface area (Å²) in [7, 11) is 5.21. The van der Waals surface area contributed by atoms with Crippen LogP contribution in [0.4, 0.5) is 34.6 Å².